The highest BCUT2D eigenvalue weighted by atomic mass is 16.6. The van der Waals surface area contributed by atoms with Crippen molar-refractivity contribution in [1.82, 2.24) is 5.32 Å². The third-order valence-electron chi connectivity index (χ3n) is 7.21. The van der Waals surface area contributed by atoms with Gasteiger partial charge in [-0.2, -0.15) is 0 Å². The first kappa shape index (κ1) is 41.8. The van der Waals surface area contributed by atoms with Crippen LogP contribution in [0.1, 0.15) is 138 Å². The molecule has 3 atom stereocenters. The van der Waals surface area contributed by atoms with Crippen LogP contribution in [0.25, 0.3) is 0 Å². The second-order valence-electron chi connectivity index (χ2n) is 11.7. The van der Waals surface area contributed by atoms with E-state index < -0.39 is 60.7 Å². The van der Waals surface area contributed by atoms with Gasteiger partial charge in [-0.3, -0.25) is 28.8 Å². The van der Waals surface area contributed by atoms with Crippen LogP contribution in [0.3, 0.4) is 0 Å². The second-order valence-corrected chi connectivity index (χ2v) is 11.7. The van der Waals surface area contributed by atoms with Crippen LogP contribution in [0.5, 0.6) is 0 Å². The summed E-state index contributed by atoms with van der Waals surface area (Å²) in [6.45, 7) is 8.56. The van der Waals surface area contributed by atoms with Crippen LogP contribution in [0.15, 0.2) is 0 Å². The molecule has 0 heterocycles. The third-order valence-corrected chi connectivity index (χ3v) is 7.21. The Balaban J connectivity index is 5.31. The van der Waals surface area contributed by atoms with Gasteiger partial charge in [-0.15, -0.1) is 0 Å². The van der Waals surface area contributed by atoms with E-state index in [1.807, 2.05) is 0 Å². The lowest BCUT2D eigenvalue weighted by Crippen LogP contribution is -2.67. The molecular weight excluding hydrogens is 586 g/mol. The van der Waals surface area contributed by atoms with Gasteiger partial charge in [-0.1, -0.05) is 58.3 Å². The lowest BCUT2D eigenvalue weighted by molar-refractivity contribution is -0.184. The molecule has 12 heteroatoms. The van der Waals surface area contributed by atoms with Crippen LogP contribution in [-0.2, 0) is 52.5 Å². The van der Waals surface area contributed by atoms with Crippen LogP contribution in [0.4, 0.5) is 0 Å². The number of rotatable bonds is 25. The minimum absolute atomic E-state index is 0.0194. The molecule has 0 aromatic rings. The molecule has 0 saturated heterocycles. The lowest BCUT2D eigenvalue weighted by atomic mass is 9.87. The lowest BCUT2D eigenvalue weighted by Gasteiger charge is -2.42. The number of esters is 5. The molecule has 260 valence electrons. The summed E-state index contributed by atoms with van der Waals surface area (Å²) in [5, 5.41) is 2.64. The van der Waals surface area contributed by atoms with Gasteiger partial charge in [0.15, 0.2) is 6.10 Å². The van der Waals surface area contributed by atoms with E-state index in [1.54, 1.807) is 0 Å². The first-order valence-electron chi connectivity index (χ1n) is 16.3. The maximum atomic E-state index is 12.3. The molecular formula is C33H57NO11. The van der Waals surface area contributed by atoms with Gasteiger partial charge in [0.1, 0.15) is 31.0 Å². The average molecular weight is 644 g/mol. The van der Waals surface area contributed by atoms with E-state index in [-0.39, 0.29) is 18.5 Å². The molecule has 0 aromatic heterocycles. The summed E-state index contributed by atoms with van der Waals surface area (Å²) in [4.78, 5) is 71.5. The maximum absolute atomic E-state index is 12.3. The number of hydrogen-bond donors (Lipinski definition) is 1. The van der Waals surface area contributed by atoms with Crippen molar-refractivity contribution in [1.29, 1.82) is 0 Å². The predicted molar refractivity (Wildman–Crippen MR) is 167 cm³/mol. The summed E-state index contributed by atoms with van der Waals surface area (Å²) in [5.41, 5.74) is -1.71. The molecule has 0 aliphatic rings. The van der Waals surface area contributed by atoms with Gasteiger partial charge in [-0.05, 0) is 38.5 Å². The third kappa shape index (κ3) is 21.2. The zero-order valence-corrected chi connectivity index (χ0v) is 28.5. The van der Waals surface area contributed by atoms with Crippen LogP contribution >= 0.6 is 0 Å². The van der Waals surface area contributed by atoms with E-state index in [0.29, 0.717) is 6.42 Å². The van der Waals surface area contributed by atoms with Crippen LogP contribution in [0, 0.1) is 0 Å². The van der Waals surface area contributed by atoms with Crippen molar-refractivity contribution >= 4 is 35.8 Å². The summed E-state index contributed by atoms with van der Waals surface area (Å²) in [7, 11) is 0. The van der Waals surface area contributed by atoms with Crippen LogP contribution < -0.4 is 5.32 Å². The molecule has 0 aliphatic heterocycles. The van der Waals surface area contributed by atoms with Gasteiger partial charge >= 0.3 is 29.8 Å². The molecule has 0 radical (unpaired) electrons. The minimum Gasteiger partial charge on any atom is -0.463 e. The van der Waals surface area contributed by atoms with Crippen molar-refractivity contribution in [3.63, 3.8) is 0 Å². The summed E-state index contributed by atoms with van der Waals surface area (Å²) in [6.07, 6.45) is 10.6. The summed E-state index contributed by atoms with van der Waals surface area (Å²) >= 11 is 0. The van der Waals surface area contributed by atoms with Crippen LogP contribution in [0.2, 0.25) is 0 Å². The highest BCUT2D eigenvalue weighted by Crippen LogP contribution is 2.27. The fourth-order valence-electron chi connectivity index (χ4n) is 5.27. The zero-order valence-electron chi connectivity index (χ0n) is 28.5. The Bertz CT molecular complexity index is 902. The highest BCUT2D eigenvalue weighted by Gasteiger charge is 2.50. The standard InChI is InChI=1S/C33H57NO11/c1-8-9-10-16-19-30(43-27(5)38)20-17-14-12-11-13-15-18-21-31(44-28(6)39)32(45-29(7)40)33(34-24(2)35,22-41-25(3)36)23-42-26(4)37/h30-32H,8-23H2,1-7H3,(H,34,35)/t30?,31-,32+/m1/s1. The topological polar surface area (TPSA) is 161 Å². The van der Waals surface area contributed by atoms with E-state index in [1.165, 1.54) is 47.5 Å². The Morgan fingerprint density at radius 3 is 1.36 bits per heavy atom. The largest absolute Gasteiger partial charge is 0.463 e. The van der Waals surface area contributed by atoms with Crippen molar-refractivity contribution < 1.29 is 52.5 Å². The predicted octanol–water partition coefficient (Wildman–Crippen LogP) is 5.26. The number of hydrogen-bond acceptors (Lipinski definition) is 11. The Morgan fingerprint density at radius 1 is 0.533 bits per heavy atom. The Labute approximate surface area is 269 Å². The maximum Gasteiger partial charge on any atom is 0.303 e. The van der Waals surface area contributed by atoms with Crippen molar-refractivity contribution in [2.75, 3.05) is 13.2 Å². The molecule has 1 unspecified atom stereocenters. The monoisotopic (exact) mass is 643 g/mol. The summed E-state index contributed by atoms with van der Waals surface area (Å²) < 4.78 is 27.1. The van der Waals surface area contributed by atoms with E-state index in [4.69, 9.17) is 23.7 Å². The Hall–Kier alpha value is -3.18. The summed E-state index contributed by atoms with van der Waals surface area (Å²) in [5.74, 6) is -3.51. The minimum atomic E-state index is -1.71. The number of carbonyl (C=O) groups excluding carboxylic acids is 6. The quantitative estimate of drug-likeness (QED) is 0.0784. The fraction of sp³-hybridized carbons (Fsp3) is 0.818. The molecule has 0 rings (SSSR count). The highest BCUT2D eigenvalue weighted by molar-refractivity contribution is 5.75. The average Bonchev–Trinajstić information content (AvgIpc) is 2.93. The molecule has 1 amide bonds. The SMILES string of the molecule is CCCCCCC(CCCCCCCCC[C@@H](OC(C)=O)[C@H](OC(C)=O)C(COC(C)=O)(COC(C)=O)NC(C)=O)OC(C)=O. The van der Waals surface area contributed by atoms with E-state index in [9.17, 15) is 28.8 Å². The molecule has 0 spiro atoms. The molecule has 12 nitrogen and oxygen atoms in total. The zero-order chi connectivity index (χ0) is 34.3. The van der Waals surface area contributed by atoms with Crippen molar-refractivity contribution in [3.05, 3.63) is 0 Å². The van der Waals surface area contributed by atoms with Gasteiger partial charge in [0.05, 0.1) is 0 Å². The van der Waals surface area contributed by atoms with Gasteiger partial charge in [0.25, 0.3) is 0 Å². The Kier molecular flexibility index (Phi) is 22.4. The number of ether oxygens (including phenoxy) is 5. The van der Waals surface area contributed by atoms with Gasteiger partial charge in [0.2, 0.25) is 5.91 Å². The van der Waals surface area contributed by atoms with Gasteiger partial charge < -0.3 is 29.0 Å². The molecule has 0 fully saturated rings. The van der Waals surface area contributed by atoms with E-state index >= 15 is 0 Å². The van der Waals surface area contributed by atoms with Crippen molar-refractivity contribution in [2.24, 2.45) is 0 Å². The number of carbonyl (C=O) groups is 6. The molecule has 45 heavy (non-hydrogen) atoms. The molecule has 0 bridgehead atoms. The van der Waals surface area contributed by atoms with Gasteiger partial charge in [0, 0.05) is 41.5 Å². The van der Waals surface area contributed by atoms with E-state index in [0.717, 1.165) is 71.1 Å². The molecule has 1 N–H and O–H groups in total. The van der Waals surface area contributed by atoms with Crippen molar-refractivity contribution in [2.45, 2.75) is 162 Å². The fourth-order valence-corrected chi connectivity index (χ4v) is 5.27. The first-order valence-corrected chi connectivity index (χ1v) is 16.3. The van der Waals surface area contributed by atoms with Crippen LogP contribution in [-0.4, -0.2) is 72.8 Å². The van der Waals surface area contributed by atoms with Crippen molar-refractivity contribution in [3.8, 4) is 0 Å². The molecule has 0 saturated carbocycles. The van der Waals surface area contributed by atoms with E-state index in [2.05, 4.69) is 12.2 Å². The molecule has 0 aliphatic carbocycles. The first-order chi connectivity index (χ1) is 21.2. The normalized spacial score (nSPS) is 13.1. The van der Waals surface area contributed by atoms with Gasteiger partial charge in [-0.25, -0.2) is 0 Å². The second kappa shape index (κ2) is 24.1. The summed E-state index contributed by atoms with van der Waals surface area (Å²) in [6, 6.07) is 0. The smallest absolute Gasteiger partial charge is 0.303 e. The Morgan fingerprint density at radius 2 is 0.956 bits per heavy atom. The molecule has 0 aromatic carbocycles. The number of unbranched alkanes of at least 4 members (excludes halogenated alkanes) is 9. The number of amides is 1. The number of nitrogens with one attached hydrogen (secondary N) is 1.